The van der Waals surface area contributed by atoms with Crippen LogP contribution in [-0.4, -0.2) is 42.0 Å². The lowest BCUT2D eigenvalue weighted by molar-refractivity contribution is -0.129. The number of nitrogens with zero attached hydrogens (tertiary/aromatic N) is 2. The Hall–Kier alpha value is -1.78. The van der Waals surface area contributed by atoms with E-state index in [1.807, 2.05) is 6.92 Å². The van der Waals surface area contributed by atoms with Gasteiger partial charge < -0.3 is 14.2 Å². The zero-order valence-corrected chi connectivity index (χ0v) is 10.7. The highest BCUT2D eigenvalue weighted by Crippen LogP contribution is 2.12. The van der Waals surface area contributed by atoms with Crippen LogP contribution in [0.15, 0.2) is 12.3 Å². The third-order valence-electron chi connectivity index (χ3n) is 2.44. The van der Waals surface area contributed by atoms with Crippen molar-refractivity contribution in [2.45, 2.75) is 20.4 Å². The van der Waals surface area contributed by atoms with Gasteiger partial charge in [0.25, 0.3) is 0 Å². The zero-order valence-electron chi connectivity index (χ0n) is 10.7. The van der Waals surface area contributed by atoms with Crippen LogP contribution in [0.25, 0.3) is 0 Å². The van der Waals surface area contributed by atoms with E-state index in [0.717, 1.165) is 5.56 Å². The van der Waals surface area contributed by atoms with Gasteiger partial charge in [0.2, 0.25) is 5.91 Å². The second-order valence-electron chi connectivity index (χ2n) is 3.98. The lowest BCUT2D eigenvalue weighted by Gasteiger charge is -2.13. The molecule has 1 amide bonds. The molecule has 1 aromatic heterocycles. The molecule has 94 valence electrons. The van der Waals surface area contributed by atoms with Gasteiger partial charge in [0, 0.05) is 20.3 Å². The number of rotatable bonds is 4. The molecule has 0 fully saturated rings. The van der Waals surface area contributed by atoms with Crippen molar-refractivity contribution in [3.8, 4) is 0 Å². The van der Waals surface area contributed by atoms with Crippen LogP contribution in [0, 0.1) is 6.92 Å². The first kappa shape index (κ1) is 13.3. The molecule has 5 nitrogen and oxygen atoms in total. The predicted molar refractivity (Wildman–Crippen MR) is 63.8 cm³/mol. The molecule has 0 saturated carbocycles. The van der Waals surface area contributed by atoms with Crippen molar-refractivity contribution in [2.75, 3.05) is 20.7 Å². The Bertz CT molecular complexity index is 421. The molecular formula is C12H18N2O3. The van der Waals surface area contributed by atoms with Gasteiger partial charge in [-0.3, -0.25) is 4.79 Å². The maximum absolute atomic E-state index is 11.7. The molecule has 1 rings (SSSR count). The Morgan fingerprint density at radius 1 is 1.41 bits per heavy atom. The molecule has 0 unspecified atom stereocenters. The van der Waals surface area contributed by atoms with E-state index in [0.29, 0.717) is 12.3 Å². The van der Waals surface area contributed by atoms with Gasteiger partial charge in [0.1, 0.15) is 12.2 Å². The molecule has 5 heteroatoms. The molecule has 17 heavy (non-hydrogen) atoms. The monoisotopic (exact) mass is 238 g/mol. The molecule has 1 heterocycles. The topological polar surface area (TPSA) is 51.5 Å². The van der Waals surface area contributed by atoms with Crippen molar-refractivity contribution < 1.29 is 14.3 Å². The Morgan fingerprint density at radius 2 is 2.06 bits per heavy atom. The van der Waals surface area contributed by atoms with E-state index in [1.54, 1.807) is 37.8 Å². The Morgan fingerprint density at radius 3 is 2.59 bits per heavy atom. The van der Waals surface area contributed by atoms with Gasteiger partial charge in [0.05, 0.1) is 6.61 Å². The van der Waals surface area contributed by atoms with Crippen LogP contribution >= 0.6 is 0 Å². The summed E-state index contributed by atoms with van der Waals surface area (Å²) in [4.78, 5) is 24.8. The average Bonchev–Trinajstić information content (AvgIpc) is 2.60. The summed E-state index contributed by atoms with van der Waals surface area (Å²) in [6.45, 7) is 4.05. The molecule has 0 aliphatic heterocycles. The van der Waals surface area contributed by atoms with E-state index >= 15 is 0 Å². The van der Waals surface area contributed by atoms with Crippen LogP contribution in [-0.2, 0) is 16.1 Å². The number of likely N-dealkylation sites (N-methyl/N-ethyl adjacent to an activating group) is 1. The molecule has 0 radical (unpaired) electrons. The van der Waals surface area contributed by atoms with E-state index in [9.17, 15) is 9.59 Å². The molecule has 0 aliphatic rings. The predicted octanol–water partition coefficient (Wildman–Crippen LogP) is 1.06. The molecule has 0 N–H and O–H groups in total. The first-order valence-corrected chi connectivity index (χ1v) is 5.50. The van der Waals surface area contributed by atoms with Crippen molar-refractivity contribution in [1.29, 1.82) is 0 Å². The summed E-state index contributed by atoms with van der Waals surface area (Å²) < 4.78 is 6.59. The summed E-state index contributed by atoms with van der Waals surface area (Å²) in [5.41, 5.74) is 1.26. The van der Waals surface area contributed by atoms with E-state index in [1.165, 1.54) is 4.90 Å². The normalized spacial score (nSPS) is 10.1. The lowest BCUT2D eigenvalue weighted by atomic mass is 10.3. The van der Waals surface area contributed by atoms with Gasteiger partial charge >= 0.3 is 5.97 Å². The fraction of sp³-hybridized carbons (Fsp3) is 0.500. The number of carbonyl (C=O) groups excluding carboxylic acids is 2. The summed E-state index contributed by atoms with van der Waals surface area (Å²) in [6, 6.07) is 1.80. The first-order chi connectivity index (χ1) is 7.97. The average molecular weight is 238 g/mol. The minimum atomic E-state index is -0.387. The van der Waals surface area contributed by atoms with Crippen LogP contribution in [0.4, 0.5) is 0 Å². The maximum atomic E-state index is 11.7. The van der Waals surface area contributed by atoms with Crippen molar-refractivity contribution in [3.63, 3.8) is 0 Å². The molecule has 0 aromatic carbocycles. The number of esters is 1. The van der Waals surface area contributed by atoms with Gasteiger partial charge in [-0.25, -0.2) is 4.79 Å². The van der Waals surface area contributed by atoms with Crippen molar-refractivity contribution in [3.05, 3.63) is 23.5 Å². The number of carbonyl (C=O) groups is 2. The third-order valence-corrected chi connectivity index (χ3v) is 2.44. The first-order valence-electron chi connectivity index (χ1n) is 5.50. The standard InChI is InChI=1S/C12H18N2O3/c1-5-17-12(16)11-9(2)6-7-14(11)8-10(15)13(3)4/h6-7H,5,8H2,1-4H3. The highest BCUT2D eigenvalue weighted by Gasteiger charge is 2.17. The number of amides is 1. The Labute approximate surface area is 101 Å². The Balaban J connectivity index is 2.94. The minimum absolute atomic E-state index is 0.0638. The SMILES string of the molecule is CCOC(=O)c1c(C)ccn1CC(=O)N(C)C. The second kappa shape index (κ2) is 5.52. The fourth-order valence-electron chi connectivity index (χ4n) is 1.48. The van der Waals surface area contributed by atoms with Gasteiger partial charge in [-0.05, 0) is 25.5 Å². The molecule has 0 atom stereocenters. The number of ether oxygens (including phenoxy) is 1. The quantitative estimate of drug-likeness (QED) is 0.737. The summed E-state index contributed by atoms with van der Waals surface area (Å²) in [7, 11) is 3.37. The summed E-state index contributed by atoms with van der Waals surface area (Å²) >= 11 is 0. The van der Waals surface area contributed by atoms with Gasteiger partial charge in [-0.2, -0.15) is 0 Å². The number of hydrogen-bond acceptors (Lipinski definition) is 3. The van der Waals surface area contributed by atoms with Crippen LogP contribution in [0.3, 0.4) is 0 Å². The summed E-state index contributed by atoms with van der Waals surface area (Å²) in [5.74, 6) is -0.451. The zero-order chi connectivity index (χ0) is 13.0. The summed E-state index contributed by atoms with van der Waals surface area (Å²) in [6.07, 6.45) is 1.73. The van der Waals surface area contributed by atoms with Gasteiger partial charge in [-0.15, -0.1) is 0 Å². The molecule has 0 spiro atoms. The number of hydrogen-bond donors (Lipinski definition) is 0. The van der Waals surface area contributed by atoms with E-state index in [2.05, 4.69) is 0 Å². The van der Waals surface area contributed by atoms with Crippen molar-refractivity contribution in [2.24, 2.45) is 0 Å². The molecular weight excluding hydrogens is 220 g/mol. The van der Waals surface area contributed by atoms with Gasteiger partial charge in [0.15, 0.2) is 0 Å². The van der Waals surface area contributed by atoms with E-state index in [-0.39, 0.29) is 18.4 Å². The Kier molecular flexibility index (Phi) is 4.31. The maximum Gasteiger partial charge on any atom is 0.355 e. The summed E-state index contributed by atoms with van der Waals surface area (Å²) in [5, 5.41) is 0. The molecule has 0 aliphatic carbocycles. The van der Waals surface area contributed by atoms with Crippen molar-refractivity contribution in [1.82, 2.24) is 9.47 Å². The van der Waals surface area contributed by atoms with E-state index < -0.39 is 0 Å². The minimum Gasteiger partial charge on any atom is -0.461 e. The third kappa shape index (κ3) is 3.09. The van der Waals surface area contributed by atoms with E-state index in [4.69, 9.17) is 4.74 Å². The smallest absolute Gasteiger partial charge is 0.355 e. The lowest BCUT2D eigenvalue weighted by Crippen LogP contribution is -2.27. The van der Waals surface area contributed by atoms with Crippen LogP contribution in [0.2, 0.25) is 0 Å². The largest absolute Gasteiger partial charge is 0.461 e. The molecule has 0 saturated heterocycles. The van der Waals surface area contributed by atoms with Crippen molar-refractivity contribution >= 4 is 11.9 Å². The van der Waals surface area contributed by atoms with Crippen LogP contribution < -0.4 is 0 Å². The second-order valence-corrected chi connectivity index (χ2v) is 3.98. The fourth-order valence-corrected chi connectivity index (χ4v) is 1.48. The number of aromatic nitrogens is 1. The molecule has 1 aromatic rings. The highest BCUT2D eigenvalue weighted by atomic mass is 16.5. The number of aryl methyl sites for hydroxylation is 1. The van der Waals surface area contributed by atoms with Crippen LogP contribution in [0.5, 0.6) is 0 Å². The molecule has 0 bridgehead atoms. The van der Waals surface area contributed by atoms with Gasteiger partial charge in [-0.1, -0.05) is 0 Å². The highest BCUT2D eigenvalue weighted by molar-refractivity contribution is 5.90. The van der Waals surface area contributed by atoms with Crippen LogP contribution in [0.1, 0.15) is 23.0 Å².